The molecule has 1 N–H and O–H groups in total. The van der Waals surface area contributed by atoms with E-state index in [4.69, 9.17) is 0 Å². The lowest BCUT2D eigenvalue weighted by molar-refractivity contribution is 0.570. The van der Waals surface area contributed by atoms with Crippen molar-refractivity contribution in [3.8, 4) is 0 Å². The van der Waals surface area contributed by atoms with E-state index in [0.29, 0.717) is 4.88 Å². The van der Waals surface area contributed by atoms with E-state index in [-0.39, 0.29) is 15.6 Å². The Kier molecular flexibility index (Phi) is 5.94. The summed E-state index contributed by atoms with van der Waals surface area (Å²) in [5.74, 6) is 0. The fourth-order valence-electron chi connectivity index (χ4n) is 3.55. The molecule has 3 aromatic rings. The van der Waals surface area contributed by atoms with Crippen LogP contribution in [0.25, 0.3) is 0 Å². The zero-order valence-corrected chi connectivity index (χ0v) is 18.8. The molecule has 0 bridgehead atoms. The Balaban J connectivity index is 1.60. The second kappa shape index (κ2) is 8.31. The van der Waals surface area contributed by atoms with Crippen LogP contribution in [-0.2, 0) is 32.7 Å². The maximum Gasteiger partial charge on any atom is 0.240 e. The predicted molar refractivity (Wildman–Crippen MR) is 117 cm³/mol. The minimum absolute atomic E-state index is 0.191. The second-order valence-corrected chi connectivity index (χ2v) is 13.0. The van der Waals surface area contributed by atoms with Gasteiger partial charge in [0.25, 0.3) is 0 Å². The number of sulfone groups is 1. The molecule has 0 radical (unpaired) electrons. The smallest absolute Gasteiger partial charge is 0.222 e. The molecule has 1 atom stereocenters. The summed E-state index contributed by atoms with van der Waals surface area (Å²) in [6.07, 6.45) is 4.04. The zero-order chi connectivity index (χ0) is 20.5. The number of rotatable bonds is 7. The number of fused-ring (bicyclic) bond motifs is 1. The van der Waals surface area contributed by atoms with E-state index in [9.17, 15) is 16.8 Å². The van der Waals surface area contributed by atoms with Crippen molar-refractivity contribution in [1.82, 2.24) is 4.72 Å². The second-order valence-electron chi connectivity index (χ2n) is 6.97. The van der Waals surface area contributed by atoms with Gasteiger partial charge in [-0.1, -0.05) is 18.2 Å². The highest BCUT2D eigenvalue weighted by Gasteiger charge is 2.32. The molecule has 1 aliphatic carbocycles. The predicted octanol–water partition coefficient (Wildman–Crippen LogP) is 4.18. The van der Waals surface area contributed by atoms with Crippen LogP contribution < -0.4 is 4.72 Å². The first-order valence-corrected chi connectivity index (χ1v) is 14.1. The van der Waals surface area contributed by atoms with Crippen LogP contribution in [0.15, 0.2) is 62.3 Å². The lowest BCUT2D eigenvalue weighted by atomic mass is 9.92. The van der Waals surface area contributed by atoms with E-state index in [2.05, 4.69) is 4.72 Å². The highest BCUT2D eigenvalue weighted by atomic mass is 32.2. The van der Waals surface area contributed by atoms with Gasteiger partial charge < -0.3 is 0 Å². The normalized spacial score (nSPS) is 15.7. The maximum atomic E-state index is 13.1. The highest BCUT2D eigenvalue weighted by molar-refractivity contribution is 7.94. The van der Waals surface area contributed by atoms with Crippen molar-refractivity contribution in [2.75, 3.05) is 6.54 Å². The Morgan fingerprint density at radius 3 is 2.31 bits per heavy atom. The summed E-state index contributed by atoms with van der Waals surface area (Å²) in [7, 11) is -7.51. The van der Waals surface area contributed by atoms with E-state index < -0.39 is 25.1 Å². The Morgan fingerprint density at radius 2 is 1.62 bits per heavy atom. The molecular formula is C20H21NO4S4. The lowest BCUT2D eigenvalue weighted by Gasteiger charge is -2.18. The van der Waals surface area contributed by atoms with Gasteiger partial charge in [-0.25, -0.2) is 21.6 Å². The van der Waals surface area contributed by atoms with Crippen molar-refractivity contribution in [3.05, 3.63) is 69.2 Å². The van der Waals surface area contributed by atoms with Gasteiger partial charge in [-0.3, -0.25) is 0 Å². The number of sulfonamides is 1. The molecule has 29 heavy (non-hydrogen) atoms. The van der Waals surface area contributed by atoms with Gasteiger partial charge in [-0.2, -0.15) is 0 Å². The van der Waals surface area contributed by atoms with Gasteiger partial charge in [0.2, 0.25) is 10.0 Å². The number of benzene rings is 1. The number of nitrogens with one attached hydrogen (secondary N) is 1. The summed E-state index contributed by atoms with van der Waals surface area (Å²) in [5.41, 5.74) is 2.27. The van der Waals surface area contributed by atoms with Gasteiger partial charge in [-0.15, -0.1) is 22.7 Å². The summed E-state index contributed by atoms with van der Waals surface area (Å²) in [6.45, 7) is -0.208. The first-order chi connectivity index (χ1) is 13.9. The first-order valence-electron chi connectivity index (χ1n) is 9.30. The summed E-state index contributed by atoms with van der Waals surface area (Å²) in [5, 5.41) is 2.54. The molecule has 4 rings (SSSR count). The fraction of sp³-hybridized carbons (Fsp3) is 0.300. The van der Waals surface area contributed by atoms with E-state index in [1.807, 2.05) is 6.07 Å². The molecule has 0 saturated carbocycles. The standard InChI is InChI=1S/C20H21NO4S4/c22-28(23,20-8-4-12-27-20)19(18-7-3-11-26-18)14-21-29(24,25)17-10-9-15-5-1-2-6-16(15)13-17/h3-4,7-13,19,21H,1-2,5-6,14H2/t19-/m0/s1. The molecule has 0 aliphatic heterocycles. The van der Waals surface area contributed by atoms with Crippen molar-refractivity contribution in [3.63, 3.8) is 0 Å². The molecule has 2 aromatic heterocycles. The van der Waals surface area contributed by atoms with Gasteiger partial charge in [0, 0.05) is 11.4 Å². The van der Waals surface area contributed by atoms with E-state index >= 15 is 0 Å². The Morgan fingerprint density at radius 1 is 0.897 bits per heavy atom. The number of thiophene rings is 2. The molecular weight excluding hydrogens is 446 g/mol. The third-order valence-corrected chi connectivity index (χ3v) is 11.2. The quantitative estimate of drug-likeness (QED) is 0.565. The molecule has 2 heterocycles. The molecule has 0 unspecified atom stereocenters. The molecule has 0 amide bonds. The van der Waals surface area contributed by atoms with E-state index in [1.54, 1.807) is 47.2 Å². The van der Waals surface area contributed by atoms with Crippen LogP contribution in [0.3, 0.4) is 0 Å². The van der Waals surface area contributed by atoms with Crippen molar-refractivity contribution in [1.29, 1.82) is 0 Å². The average molecular weight is 468 g/mol. The maximum absolute atomic E-state index is 13.1. The largest absolute Gasteiger partial charge is 0.240 e. The topological polar surface area (TPSA) is 80.3 Å². The lowest BCUT2D eigenvalue weighted by Crippen LogP contribution is -2.31. The molecule has 154 valence electrons. The fourth-order valence-corrected chi connectivity index (χ4v) is 8.74. The SMILES string of the molecule is O=S(=O)(NC[C@@H](c1cccs1)S(=O)(=O)c1cccs1)c1ccc2c(c1)CCCC2. The van der Waals surface area contributed by atoms with Crippen LogP contribution >= 0.6 is 22.7 Å². The Hall–Kier alpha value is -1.52. The van der Waals surface area contributed by atoms with Crippen LogP contribution in [0.1, 0.15) is 34.1 Å². The molecule has 0 saturated heterocycles. The zero-order valence-electron chi connectivity index (χ0n) is 15.6. The summed E-state index contributed by atoms with van der Waals surface area (Å²) >= 11 is 2.45. The Labute approximate surface area is 179 Å². The highest BCUT2D eigenvalue weighted by Crippen LogP contribution is 2.34. The van der Waals surface area contributed by atoms with Crippen molar-refractivity contribution >= 4 is 42.5 Å². The van der Waals surface area contributed by atoms with Crippen LogP contribution in [0.4, 0.5) is 0 Å². The van der Waals surface area contributed by atoms with Gasteiger partial charge >= 0.3 is 0 Å². The monoisotopic (exact) mass is 467 g/mol. The summed E-state index contributed by atoms with van der Waals surface area (Å²) in [4.78, 5) is 0.808. The van der Waals surface area contributed by atoms with Crippen LogP contribution in [0.2, 0.25) is 0 Å². The van der Waals surface area contributed by atoms with Crippen molar-refractivity contribution < 1.29 is 16.8 Å². The summed E-state index contributed by atoms with van der Waals surface area (Å²) in [6, 6.07) is 12.0. The van der Waals surface area contributed by atoms with Gasteiger partial charge in [-0.05, 0) is 71.8 Å². The third kappa shape index (κ3) is 4.34. The minimum atomic E-state index is -3.82. The number of hydrogen-bond acceptors (Lipinski definition) is 6. The van der Waals surface area contributed by atoms with Gasteiger partial charge in [0.05, 0.1) is 4.90 Å². The molecule has 9 heteroatoms. The molecule has 5 nitrogen and oxygen atoms in total. The number of hydrogen-bond donors (Lipinski definition) is 1. The first kappa shape index (κ1) is 20.7. The van der Waals surface area contributed by atoms with Crippen molar-refractivity contribution in [2.45, 2.75) is 40.0 Å². The van der Waals surface area contributed by atoms with Crippen LogP contribution in [0, 0.1) is 0 Å². The average Bonchev–Trinajstić information content (AvgIpc) is 3.42. The molecule has 0 spiro atoms. The third-order valence-electron chi connectivity index (χ3n) is 5.10. The molecule has 1 aromatic carbocycles. The van der Waals surface area contributed by atoms with Crippen molar-refractivity contribution in [2.24, 2.45) is 0 Å². The summed E-state index contributed by atoms with van der Waals surface area (Å²) < 4.78 is 54.8. The Bertz CT molecular complexity index is 1180. The van der Waals surface area contributed by atoms with E-state index in [1.165, 1.54) is 16.9 Å². The van der Waals surface area contributed by atoms with Gasteiger partial charge in [0.15, 0.2) is 9.84 Å². The van der Waals surface area contributed by atoms with Crippen LogP contribution in [-0.4, -0.2) is 23.4 Å². The van der Waals surface area contributed by atoms with Gasteiger partial charge in [0.1, 0.15) is 9.46 Å². The van der Waals surface area contributed by atoms with Crippen LogP contribution in [0.5, 0.6) is 0 Å². The molecule has 1 aliphatic rings. The minimum Gasteiger partial charge on any atom is -0.222 e. The number of aryl methyl sites for hydroxylation is 2. The molecule has 0 fully saturated rings. The van der Waals surface area contributed by atoms with E-state index in [0.717, 1.165) is 42.6 Å².